The van der Waals surface area contributed by atoms with Gasteiger partial charge in [0.2, 0.25) is 5.91 Å². The Morgan fingerprint density at radius 3 is 2.58 bits per heavy atom. The zero-order valence-electron chi connectivity index (χ0n) is 15.4. The highest BCUT2D eigenvalue weighted by atomic mass is 19.4. The number of alkyl halides is 3. The number of hydrogen-bond acceptors (Lipinski definition) is 3. The van der Waals surface area contributed by atoms with E-state index in [9.17, 15) is 18.0 Å². The number of nitrogens with one attached hydrogen (secondary N) is 1. The molecule has 2 rings (SSSR count). The van der Waals surface area contributed by atoms with Gasteiger partial charge in [-0.2, -0.15) is 13.2 Å². The number of carbonyl (C=O) groups excluding carboxylic acids is 1. The van der Waals surface area contributed by atoms with Crippen LogP contribution in [0.15, 0.2) is 24.5 Å². The molecule has 7 heteroatoms. The molecule has 0 unspecified atom stereocenters. The van der Waals surface area contributed by atoms with Crippen LogP contribution in [0, 0.1) is 11.8 Å². The van der Waals surface area contributed by atoms with E-state index in [4.69, 9.17) is 0 Å². The fourth-order valence-electron chi connectivity index (χ4n) is 3.60. The van der Waals surface area contributed by atoms with Gasteiger partial charge in [0.25, 0.3) is 0 Å². The van der Waals surface area contributed by atoms with E-state index in [1.54, 1.807) is 12.4 Å². The van der Waals surface area contributed by atoms with E-state index in [1.165, 1.54) is 4.90 Å². The summed E-state index contributed by atoms with van der Waals surface area (Å²) in [6.07, 6.45) is 1.59. The standard InChI is InChI=1S/C19H28F3N3O/c1-14(2)17(16-4-3-8-23-12-16)18(26)24-9-5-15-6-10-25(11-7-15)13-19(20,21)22/h3-4,8,12,14-15,17H,5-7,9-11,13H2,1-2H3,(H,24,26)/t17-/m0/s1. The van der Waals surface area contributed by atoms with Crippen molar-refractivity contribution in [2.45, 2.75) is 45.2 Å². The summed E-state index contributed by atoms with van der Waals surface area (Å²) in [7, 11) is 0. The largest absolute Gasteiger partial charge is 0.401 e. The van der Waals surface area contributed by atoms with Gasteiger partial charge in [-0.15, -0.1) is 0 Å². The molecule has 146 valence electrons. The fourth-order valence-corrected chi connectivity index (χ4v) is 3.60. The summed E-state index contributed by atoms with van der Waals surface area (Å²) in [5, 5.41) is 3.00. The molecular formula is C19H28F3N3O. The van der Waals surface area contributed by atoms with Crippen molar-refractivity contribution >= 4 is 5.91 Å². The Labute approximate surface area is 153 Å². The van der Waals surface area contributed by atoms with E-state index in [0.717, 1.165) is 24.8 Å². The van der Waals surface area contributed by atoms with Crippen LogP contribution >= 0.6 is 0 Å². The van der Waals surface area contributed by atoms with Gasteiger partial charge in [-0.1, -0.05) is 19.9 Å². The molecule has 4 nitrogen and oxygen atoms in total. The molecule has 1 atom stereocenters. The third-order valence-electron chi connectivity index (χ3n) is 4.95. The lowest BCUT2D eigenvalue weighted by atomic mass is 9.88. The molecule has 1 fully saturated rings. The lowest BCUT2D eigenvalue weighted by Crippen LogP contribution is -2.41. The lowest BCUT2D eigenvalue weighted by molar-refractivity contribution is -0.148. The smallest absolute Gasteiger partial charge is 0.356 e. The first-order valence-electron chi connectivity index (χ1n) is 9.23. The molecule has 0 bridgehead atoms. The molecule has 1 N–H and O–H groups in total. The minimum absolute atomic E-state index is 0.0116. The summed E-state index contributed by atoms with van der Waals surface area (Å²) in [6, 6.07) is 3.74. The average Bonchev–Trinajstić information content (AvgIpc) is 2.56. The van der Waals surface area contributed by atoms with Crippen molar-refractivity contribution in [1.29, 1.82) is 0 Å². The van der Waals surface area contributed by atoms with Gasteiger partial charge in [0.05, 0.1) is 12.5 Å². The van der Waals surface area contributed by atoms with E-state index in [2.05, 4.69) is 10.3 Å². The van der Waals surface area contributed by atoms with Gasteiger partial charge < -0.3 is 5.32 Å². The molecule has 0 spiro atoms. The van der Waals surface area contributed by atoms with Crippen LogP contribution in [0.4, 0.5) is 13.2 Å². The second kappa shape index (κ2) is 9.35. The fraction of sp³-hybridized carbons (Fsp3) is 0.684. The maximum atomic E-state index is 12.6. The second-order valence-corrected chi connectivity index (χ2v) is 7.42. The van der Waals surface area contributed by atoms with E-state index in [1.807, 2.05) is 26.0 Å². The van der Waals surface area contributed by atoms with Gasteiger partial charge in [-0.3, -0.25) is 14.7 Å². The average molecular weight is 371 g/mol. The van der Waals surface area contributed by atoms with Gasteiger partial charge >= 0.3 is 6.18 Å². The van der Waals surface area contributed by atoms with Gasteiger partial charge in [-0.25, -0.2) is 0 Å². The third-order valence-corrected chi connectivity index (χ3v) is 4.95. The number of amides is 1. The predicted octanol–water partition coefficient (Wildman–Crippen LogP) is 3.60. The predicted molar refractivity (Wildman–Crippen MR) is 94.7 cm³/mol. The number of pyridine rings is 1. The van der Waals surface area contributed by atoms with Gasteiger partial charge in [0, 0.05) is 18.9 Å². The number of aromatic nitrogens is 1. The van der Waals surface area contributed by atoms with Crippen molar-refractivity contribution in [3.63, 3.8) is 0 Å². The van der Waals surface area contributed by atoms with Crippen LogP contribution in [0.2, 0.25) is 0 Å². The third kappa shape index (κ3) is 6.59. The van der Waals surface area contributed by atoms with Gasteiger partial charge in [-0.05, 0) is 55.8 Å². The molecule has 1 aromatic heterocycles. The number of carbonyl (C=O) groups is 1. The zero-order valence-corrected chi connectivity index (χ0v) is 15.4. The van der Waals surface area contributed by atoms with Crippen molar-refractivity contribution in [3.8, 4) is 0 Å². The van der Waals surface area contributed by atoms with Crippen LogP contribution in [0.1, 0.15) is 44.6 Å². The molecule has 1 amide bonds. The van der Waals surface area contributed by atoms with Gasteiger partial charge in [0.1, 0.15) is 0 Å². The van der Waals surface area contributed by atoms with Crippen molar-refractivity contribution in [3.05, 3.63) is 30.1 Å². The molecule has 0 radical (unpaired) electrons. The zero-order chi connectivity index (χ0) is 19.2. The van der Waals surface area contributed by atoms with Crippen LogP contribution in [0.3, 0.4) is 0 Å². The normalized spacial score (nSPS) is 18.1. The number of nitrogens with zero attached hydrogens (tertiary/aromatic N) is 2. The minimum Gasteiger partial charge on any atom is -0.356 e. The van der Waals surface area contributed by atoms with Crippen LogP contribution in [-0.4, -0.2) is 48.1 Å². The number of hydrogen-bond donors (Lipinski definition) is 1. The Morgan fingerprint density at radius 2 is 2.04 bits per heavy atom. The summed E-state index contributed by atoms with van der Waals surface area (Å²) in [5.74, 6) is 0.278. The number of likely N-dealkylation sites (tertiary alicyclic amines) is 1. The minimum atomic E-state index is -4.13. The molecular weight excluding hydrogens is 343 g/mol. The maximum Gasteiger partial charge on any atom is 0.401 e. The Kier molecular flexibility index (Phi) is 7.43. The summed E-state index contributed by atoms with van der Waals surface area (Å²) in [5.41, 5.74) is 0.903. The van der Waals surface area contributed by atoms with Crippen molar-refractivity contribution in [2.75, 3.05) is 26.2 Å². The highest BCUT2D eigenvalue weighted by Gasteiger charge is 2.32. The number of halogens is 3. The highest BCUT2D eigenvalue weighted by molar-refractivity contribution is 5.83. The molecule has 1 aliphatic rings. The maximum absolute atomic E-state index is 12.6. The SMILES string of the molecule is CC(C)[C@H](C(=O)NCCC1CCN(CC(F)(F)F)CC1)c1cccnc1. The molecule has 0 aliphatic carbocycles. The Morgan fingerprint density at radius 1 is 1.35 bits per heavy atom. The summed E-state index contributed by atoms with van der Waals surface area (Å²) in [4.78, 5) is 18.1. The molecule has 0 aromatic carbocycles. The number of piperidine rings is 1. The molecule has 2 heterocycles. The first-order chi connectivity index (χ1) is 12.3. The van der Waals surface area contributed by atoms with Crippen LogP contribution < -0.4 is 5.32 Å². The first-order valence-corrected chi connectivity index (χ1v) is 9.23. The van der Waals surface area contributed by atoms with E-state index < -0.39 is 12.7 Å². The first kappa shape index (κ1) is 20.7. The highest BCUT2D eigenvalue weighted by Crippen LogP contribution is 2.25. The molecule has 1 saturated heterocycles. The van der Waals surface area contributed by atoms with E-state index in [-0.39, 0.29) is 17.7 Å². The molecule has 1 aromatic rings. The van der Waals surface area contributed by atoms with Crippen molar-refractivity contribution < 1.29 is 18.0 Å². The molecule has 0 saturated carbocycles. The molecule has 26 heavy (non-hydrogen) atoms. The van der Waals surface area contributed by atoms with E-state index >= 15 is 0 Å². The Hall–Kier alpha value is -1.63. The Balaban J connectivity index is 1.74. The van der Waals surface area contributed by atoms with E-state index in [0.29, 0.717) is 25.6 Å². The van der Waals surface area contributed by atoms with Crippen molar-refractivity contribution in [2.24, 2.45) is 11.8 Å². The monoisotopic (exact) mass is 371 g/mol. The quantitative estimate of drug-likeness (QED) is 0.797. The summed E-state index contributed by atoms with van der Waals surface area (Å²) in [6.45, 7) is 4.70. The summed E-state index contributed by atoms with van der Waals surface area (Å²) < 4.78 is 37.2. The van der Waals surface area contributed by atoms with Crippen LogP contribution in [0.25, 0.3) is 0 Å². The lowest BCUT2D eigenvalue weighted by Gasteiger charge is -2.32. The number of rotatable bonds is 7. The molecule has 1 aliphatic heterocycles. The summed E-state index contributed by atoms with van der Waals surface area (Å²) >= 11 is 0. The van der Waals surface area contributed by atoms with Crippen LogP contribution in [0.5, 0.6) is 0 Å². The van der Waals surface area contributed by atoms with Crippen molar-refractivity contribution in [1.82, 2.24) is 15.2 Å². The van der Waals surface area contributed by atoms with Crippen LogP contribution in [-0.2, 0) is 4.79 Å². The topological polar surface area (TPSA) is 45.2 Å². The second-order valence-electron chi connectivity index (χ2n) is 7.42. The van der Waals surface area contributed by atoms with Gasteiger partial charge in [0.15, 0.2) is 0 Å². The Bertz CT molecular complexity index is 555.